The lowest BCUT2D eigenvalue weighted by Gasteiger charge is -2.15. The first-order valence-corrected chi connectivity index (χ1v) is 5.61. The summed E-state index contributed by atoms with van der Waals surface area (Å²) in [7, 11) is 3.50. The number of halogens is 1. The molecule has 1 aromatic heterocycles. The summed E-state index contributed by atoms with van der Waals surface area (Å²) < 4.78 is 20.9. The Balaban J connectivity index is 2.35. The zero-order chi connectivity index (χ0) is 13.1. The first-order chi connectivity index (χ1) is 8.61. The van der Waals surface area contributed by atoms with Gasteiger partial charge in [-0.3, -0.25) is 4.68 Å². The maximum atomic E-state index is 13.8. The number of nitrogens with zero attached hydrogens (tertiary/aromatic N) is 3. The fourth-order valence-corrected chi connectivity index (χ4v) is 1.64. The van der Waals surface area contributed by atoms with Crippen LogP contribution in [0.25, 0.3) is 0 Å². The lowest BCUT2D eigenvalue weighted by atomic mass is 10.1. The summed E-state index contributed by atoms with van der Waals surface area (Å²) >= 11 is 0. The zero-order valence-electron chi connectivity index (χ0n) is 10.5. The molecule has 1 atom stereocenters. The van der Waals surface area contributed by atoms with Gasteiger partial charge in [-0.15, -0.1) is 5.10 Å². The first kappa shape index (κ1) is 12.5. The van der Waals surface area contributed by atoms with Gasteiger partial charge in [-0.05, 0) is 26.1 Å². The van der Waals surface area contributed by atoms with E-state index in [0.29, 0.717) is 11.3 Å². The molecule has 1 heterocycles. The minimum Gasteiger partial charge on any atom is -0.423 e. The van der Waals surface area contributed by atoms with Crippen LogP contribution in [0.2, 0.25) is 0 Å². The number of benzene rings is 1. The van der Waals surface area contributed by atoms with Crippen molar-refractivity contribution in [2.45, 2.75) is 13.0 Å². The molecule has 0 spiro atoms. The van der Waals surface area contributed by atoms with Crippen LogP contribution in [0.3, 0.4) is 0 Å². The fourth-order valence-electron chi connectivity index (χ4n) is 1.64. The molecule has 0 radical (unpaired) electrons. The molecule has 96 valence electrons. The number of ether oxygens (including phenoxy) is 1. The van der Waals surface area contributed by atoms with E-state index in [9.17, 15) is 4.39 Å². The van der Waals surface area contributed by atoms with E-state index in [4.69, 9.17) is 4.74 Å². The Hall–Kier alpha value is -1.95. The largest absolute Gasteiger partial charge is 0.423 e. The second-order valence-electron chi connectivity index (χ2n) is 3.96. The molecule has 1 N–H and O–H groups in total. The van der Waals surface area contributed by atoms with Crippen LogP contribution in [0.5, 0.6) is 11.8 Å². The molecule has 1 unspecified atom stereocenters. The number of aromatic nitrogens is 3. The van der Waals surface area contributed by atoms with Gasteiger partial charge in [0.2, 0.25) is 0 Å². The highest BCUT2D eigenvalue weighted by atomic mass is 19.1. The van der Waals surface area contributed by atoms with Gasteiger partial charge in [0.1, 0.15) is 17.9 Å². The summed E-state index contributed by atoms with van der Waals surface area (Å²) in [4.78, 5) is 3.95. The molecule has 1 aromatic carbocycles. The summed E-state index contributed by atoms with van der Waals surface area (Å²) in [5, 5.41) is 6.99. The molecule has 0 amide bonds. The number of nitrogens with one attached hydrogen (secondary N) is 1. The third-order valence-corrected chi connectivity index (χ3v) is 2.66. The monoisotopic (exact) mass is 250 g/mol. The van der Waals surface area contributed by atoms with Crippen LogP contribution in [0.1, 0.15) is 18.5 Å². The van der Waals surface area contributed by atoms with Gasteiger partial charge in [0.15, 0.2) is 0 Å². The van der Waals surface area contributed by atoms with Crippen LogP contribution in [-0.4, -0.2) is 21.8 Å². The van der Waals surface area contributed by atoms with Crippen molar-refractivity contribution in [1.29, 1.82) is 0 Å². The highest BCUT2D eigenvalue weighted by Gasteiger charge is 2.16. The SMILES string of the molecule is CNC(C)c1c(F)cccc1Oc1ncn(C)n1. The van der Waals surface area contributed by atoms with E-state index in [-0.39, 0.29) is 17.9 Å². The van der Waals surface area contributed by atoms with Crippen LogP contribution in [-0.2, 0) is 7.05 Å². The van der Waals surface area contributed by atoms with E-state index in [1.165, 1.54) is 17.1 Å². The van der Waals surface area contributed by atoms with Crippen LogP contribution < -0.4 is 10.1 Å². The van der Waals surface area contributed by atoms with Crippen LogP contribution in [0.4, 0.5) is 4.39 Å². The zero-order valence-corrected chi connectivity index (χ0v) is 10.5. The van der Waals surface area contributed by atoms with Crippen LogP contribution in [0.15, 0.2) is 24.5 Å². The van der Waals surface area contributed by atoms with Crippen molar-refractivity contribution < 1.29 is 9.13 Å². The van der Waals surface area contributed by atoms with Gasteiger partial charge in [-0.1, -0.05) is 6.07 Å². The molecule has 0 saturated heterocycles. The molecular weight excluding hydrogens is 235 g/mol. The third kappa shape index (κ3) is 2.48. The van der Waals surface area contributed by atoms with Crippen molar-refractivity contribution in [2.75, 3.05) is 7.05 Å². The van der Waals surface area contributed by atoms with Gasteiger partial charge < -0.3 is 10.1 Å². The summed E-state index contributed by atoms with van der Waals surface area (Å²) in [6.45, 7) is 1.86. The fraction of sp³-hybridized carbons (Fsp3) is 0.333. The van der Waals surface area contributed by atoms with E-state index in [1.807, 2.05) is 6.92 Å². The highest BCUT2D eigenvalue weighted by Crippen LogP contribution is 2.30. The Labute approximate surface area is 105 Å². The van der Waals surface area contributed by atoms with E-state index in [2.05, 4.69) is 15.4 Å². The quantitative estimate of drug-likeness (QED) is 0.902. The van der Waals surface area contributed by atoms with Gasteiger partial charge in [-0.2, -0.15) is 4.98 Å². The Morgan fingerprint density at radius 3 is 2.83 bits per heavy atom. The van der Waals surface area contributed by atoms with E-state index < -0.39 is 0 Å². The molecular formula is C12H15FN4O. The number of hydrogen-bond acceptors (Lipinski definition) is 4. The Kier molecular flexibility index (Phi) is 3.57. The van der Waals surface area contributed by atoms with Gasteiger partial charge in [-0.25, -0.2) is 4.39 Å². The molecule has 0 aliphatic heterocycles. The summed E-state index contributed by atoms with van der Waals surface area (Å²) in [6.07, 6.45) is 1.52. The minimum atomic E-state index is -0.315. The molecule has 0 fully saturated rings. The second kappa shape index (κ2) is 5.14. The Morgan fingerprint density at radius 1 is 1.44 bits per heavy atom. The summed E-state index contributed by atoms with van der Waals surface area (Å²) in [5.41, 5.74) is 0.465. The van der Waals surface area contributed by atoms with Crippen molar-refractivity contribution in [3.8, 4) is 11.8 Å². The molecule has 6 heteroatoms. The molecule has 2 rings (SSSR count). The van der Waals surface area contributed by atoms with E-state index >= 15 is 0 Å². The molecule has 0 aliphatic carbocycles. The average molecular weight is 250 g/mol. The van der Waals surface area contributed by atoms with Crippen molar-refractivity contribution in [3.05, 3.63) is 35.9 Å². The molecule has 5 nitrogen and oxygen atoms in total. The number of rotatable bonds is 4. The number of aryl methyl sites for hydroxylation is 1. The lowest BCUT2D eigenvalue weighted by Crippen LogP contribution is -2.15. The smallest absolute Gasteiger partial charge is 0.340 e. The predicted molar refractivity (Wildman–Crippen MR) is 65.0 cm³/mol. The lowest BCUT2D eigenvalue weighted by molar-refractivity contribution is 0.419. The second-order valence-corrected chi connectivity index (χ2v) is 3.96. The van der Waals surface area contributed by atoms with Crippen molar-refractivity contribution in [1.82, 2.24) is 20.1 Å². The number of hydrogen-bond donors (Lipinski definition) is 1. The minimum absolute atomic E-state index is 0.162. The van der Waals surface area contributed by atoms with Crippen molar-refractivity contribution in [2.24, 2.45) is 7.05 Å². The van der Waals surface area contributed by atoms with Gasteiger partial charge in [0, 0.05) is 18.7 Å². The molecule has 0 bridgehead atoms. The summed E-state index contributed by atoms with van der Waals surface area (Å²) in [6, 6.07) is 4.74. The molecule has 0 saturated carbocycles. The van der Waals surface area contributed by atoms with Crippen molar-refractivity contribution in [3.63, 3.8) is 0 Å². The van der Waals surface area contributed by atoms with Crippen LogP contribution >= 0.6 is 0 Å². The molecule has 2 aromatic rings. The first-order valence-electron chi connectivity index (χ1n) is 5.61. The molecule has 18 heavy (non-hydrogen) atoms. The van der Waals surface area contributed by atoms with Gasteiger partial charge >= 0.3 is 6.01 Å². The normalized spacial score (nSPS) is 12.4. The van der Waals surface area contributed by atoms with Crippen LogP contribution in [0, 0.1) is 5.82 Å². The third-order valence-electron chi connectivity index (χ3n) is 2.66. The molecule has 0 aliphatic rings. The topological polar surface area (TPSA) is 52.0 Å². The Bertz CT molecular complexity index is 541. The maximum Gasteiger partial charge on any atom is 0.340 e. The average Bonchev–Trinajstić information content (AvgIpc) is 2.74. The van der Waals surface area contributed by atoms with Crippen molar-refractivity contribution >= 4 is 0 Å². The standard InChI is InChI=1S/C12H15FN4O/c1-8(14-2)11-9(13)5-4-6-10(11)18-12-15-7-17(3)16-12/h4-8,14H,1-3H3. The van der Waals surface area contributed by atoms with E-state index in [0.717, 1.165) is 0 Å². The Morgan fingerprint density at radius 2 is 2.22 bits per heavy atom. The van der Waals surface area contributed by atoms with E-state index in [1.54, 1.807) is 26.2 Å². The van der Waals surface area contributed by atoms with Gasteiger partial charge in [0.25, 0.3) is 0 Å². The van der Waals surface area contributed by atoms with Gasteiger partial charge in [0.05, 0.1) is 0 Å². The predicted octanol–water partition coefficient (Wildman–Crippen LogP) is 2.03. The maximum absolute atomic E-state index is 13.8. The summed E-state index contributed by atoms with van der Waals surface area (Å²) in [5.74, 6) is 0.105. The highest BCUT2D eigenvalue weighted by molar-refractivity contribution is 5.38.